The van der Waals surface area contributed by atoms with E-state index in [1.54, 1.807) is 6.20 Å². The van der Waals surface area contributed by atoms with Crippen LogP contribution >= 0.6 is 0 Å². The van der Waals surface area contributed by atoms with Gasteiger partial charge in [-0.15, -0.1) is 5.10 Å². The Kier molecular flexibility index (Phi) is 3.77. The van der Waals surface area contributed by atoms with Crippen molar-refractivity contribution in [3.8, 4) is 0 Å². The van der Waals surface area contributed by atoms with Crippen LogP contribution in [0.4, 0.5) is 17.5 Å². The van der Waals surface area contributed by atoms with E-state index in [0.717, 1.165) is 44.7 Å². The fourth-order valence-corrected chi connectivity index (χ4v) is 3.99. The van der Waals surface area contributed by atoms with E-state index < -0.39 is 0 Å². The molecule has 2 aliphatic rings. The van der Waals surface area contributed by atoms with Gasteiger partial charge in [0, 0.05) is 25.3 Å². The van der Waals surface area contributed by atoms with Gasteiger partial charge in [-0.1, -0.05) is 42.5 Å². The van der Waals surface area contributed by atoms with Crippen LogP contribution in [0.2, 0.25) is 0 Å². The third-order valence-corrected chi connectivity index (χ3v) is 5.34. The van der Waals surface area contributed by atoms with Crippen molar-refractivity contribution in [2.24, 2.45) is 0 Å². The minimum absolute atomic E-state index is 0.702. The molecule has 0 unspecified atom stereocenters. The summed E-state index contributed by atoms with van der Waals surface area (Å²) in [6.07, 6.45) is 5.06. The standard InChI is InChI=1S/C21H21N5/c1-2-8-18-15-25(13-11-16(18)6-1)20-14-22-24-21(23-20)26-12-5-9-17-7-3-4-10-19(17)26/h1-4,6-8,10,14H,5,9,11-13,15H2. The Balaban J connectivity index is 1.46. The topological polar surface area (TPSA) is 45.2 Å². The molecule has 0 radical (unpaired) electrons. The van der Waals surface area contributed by atoms with Crippen LogP contribution in [0.15, 0.2) is 54.7 Å². The molecule has 130 valence electrons. The molecular weight excluding hydrogens is 322 g/mol. The van der Waals surface area contributed by atoms with Gasteiger partial charge in [0.1, 0.15) is 0 Å². The minimum atomic E-state index is 0.702. The number of hydrogen-bond acceptors (Lipinski definition) is 5. The Bertz CT molecular complexity index is 939. The van der Waals surface area contributed by atoms with Crippen molar-refractivity contribution < 1.29 is 0 Å². The van der Waals surface area contributed by atoms with Gasteiger partial charge < -0.3 is 9.80 Å². The van der Waals surface area contributed by atoms with Gasteiger partial charge >= 0.3 is 0 Å². The van der Waals surface area contributed by atoms with Crippen molar-refractivity contribution in [3.05, 3.63) is 71.4 Å². The number of anilines is 3. The highest BCUT2D eigenvalue weighted by atomic mass is 15.4. The molecule has 26 heavy (non-hydrogen) atoms. The molecule has 0 N–H and O–H groups in total. The largest absolute Gasteiger partial charge is 0.350 e. The highest BCUT2D eigenvalue weighted by Gasteiger charge is 2.22. The first-order valence-corrected chi connectivity index (χ1v) is 9.25. The quantitative estimate of drug-likeness (QED) is 0.712. The summed E-state index contributed by atoms with van der Waals surface area (Å²) in [7, 11) is 0. The molecule has 3 heterocycles. The zero-order valence-electron chi connectivity index (χ0n) is 14.7. The molecule has 5 nitrogen and oxygen atoms in total. The predicted molar refractivity (Wildman–Crippen MR) is 103 cm³/mol. The molecule has 0 spiro atoms. The van der Waals surface area contributed by atoms with Crippen LogP contribution in [0.3, 0.4) is 0 Å². The smallest absolute Gasteiger partial charge is 0.251 e. The van der Waals surface area contributed by atoms with Crippen LogP contribution < -0.4 is 9.80 Å². The number of fused-ring (bicyclic) bond motifs is 2. The van der Waals surface area contributed by atoms with Gasteiger partial charge in [-0.05, 0) is 42.0 Å². The van der Waals surface area contributed by atoms with Crippen molar-refractivity contribution in [3.63, 3.8) is 0 Å². The summed E-state index contributed by atoms with van der Waals surface area (Å²) in [5.74, 6) is 1.61. The number of aryl methyl sites for hydroxylation is 1. The van der Waals surface area contributed by atoms with Crippen LogP contribution in [0.25, 0.3) is 0 Å². The lowest BCUT2D eigenvalue weighted by molar-refractivity contribution is 0.703. The molecule has 0 bridgehead atoms. The molecule has 0 aliphatic carbocycles. The van der Waals surface area contributed by atoms with Gasteiger partial charge in [0.25, 0.3) is 5.95 Å². The molecule has 0 amide bonds. The second-order valence-corrected chi connectivity index (χ2v) is 6.94. The third-order valence-electron chi connectivity index (χ3n) is 5.34. The zero-order chi connectivity index (χ0) is 17.3. The van der Waals surface area contributed by atoms with E-state index in [2.05, 4.69) is 68.5 Å². The second kappa shape index (κ2) is 6.41. The van der Waals surface area contributed by atoms with E-state index in [1.807, 2.05) is 0 Å². The van der Waals surface area contributed by atoms with E-state index >= 15 is 0 Å². The van der Waals surface area contributed by atoms with Crippen molar-refractivity contribution in [1.82, 2.24) is 15.2 Å². The van der Waals surface area contributed by atoms with Gasteiger partial charge in [-0.25, -0.2) is 0 Å². The first-order valence-electron chi connectivity index (χ1n) is 9.25. The maximum absolute atomic E-state index is 4.87. The SMILES string of the molecule is c1ccc2c(c1)CCN(c1cnnc(N3CCCc4ccccc43)n1)C2. The Morgan fingerprint density at radius 2 is 1.62 bits per heavy atom. The van der Waals surface area contributed by atoms with Gasteiger partial charge in [0.2, 0.25) is 0 Å². The molecule has 1 aromatic heterocycles. The molecule has 2 aliphatic heterocycles. The van der Waals surface area contributed by atoms with E-state index in [4.69, 9.17) is 4.98 Å². The lowest BCUT2D eigenvalue weighted by Gasteiger charge is -2.32. The van der Waals surface area contributed by atoms with Gasteiger partial charge in [-0.2, -0.15) is 10.1 Å². The summed E-state index contributed by atoms with van der Waals surface area (Å²) in [6.45, 7) is 2.78. The Morgan fingerprint density at radius 3 is 2.54 bits per heavy atom. The highest BCUT2D eigenvalue weighted by molar-refractivity contribution is 5.64. The fraction of sp³-hybridized carbons (Fsp3) is 0.286. The molecule has 0 saturated heterocycles. The van der Waals surface area contributed by atoms with Gasteiger partial charge in [-0.3, -0.25) is 0 Å². The fourth-order valence-electron chi connectivity index (χ4n) is 3.99. The average Bonchev–Trinajstić information content (AvgIpc) is 2.73. The minimum Gasteiger partial charge on any atom is -0.350 e. The summed E-state index contributed by atoms with van der Waals surface area (Å²) in [6, 6.07) is 17.2. The van der Waals surface area contributed by atoms with E-state index in [0.29, 0.717) is 5.95 Å². The van der Waals surface area contributed by atoms with Crippen LogP contribution in [0.5, 0.6) is 0 Å². The Morgan fingerprint density at radius 1 is 0.808 bits per heavy atom. The summed E-state index contributed by atoms with van der Waals surface area (Å²) in [5.41, 5.74) is 5.39. The molecular formula is C21H21N5. The van der Waals surface area contributed by atoms with Crippen molar-refractivity contribution >= 4 is 17.5 Å². The molecule has 2 aromatic carbocycles. The van der Waals surface area contributed by atoms with Crippen molar-refractivity contribution in [2.45, 2.75) is 25.8 Å². The zero-order valence-corrected chi connectivity index (χ0v) is 14.7. The van der Waals surface area contributed by atoms with Crippen LogP contribution in [-0.4, -0.2) is 28.3 Å². The normalized spacial score (nSPS) is 16.2. The lowest BCUT2D eigenvalue weighted by Crippen LogP contribution is -2.32. The first kappa shape index (κ1) is 15.3. The summed E-state index contributed by atoms with van der Waals surface area (Å²) < 4.78 is 0. The number of rotatable bonds is 2. The van der Waals surface area contributed by atoms with Crippen LogP contribution in [0, 0.1) is 0 Å². The van der Waals surface area contributed by atoms with Crippen molar-refractivity contribution in [2.75, 3.05) is 22.9 Å². The monoisotopic (exact) mass is 343 g/mol. The molecule has 0 atom stereocenters. The van der Waals surface area contributed by atoms with E-state index in [9.17, 15) is 0 Å². The van der Waals surface area contributed by atoms with Crippen molar-refractivity contribution in [1.29, 1.82) is 0 Å². The molecule has 0 fully saturated rings. The molecule has 5 rings (SSSR count). The Labute approximate surface area is 153 Å². The average molecular weight is 343 g/mol. The van der Waals surface area contributed by atoms with Gasteiger partial charge in [0.05, 0.1) is 6.20 Å². The van der Waals surface area contributed by atoms with Gasteiger partial charge in [0.15, 0.2) is 5.82 Å². The number of para-hydroxylation sites is 1. The van der Waals surface area contributed by atoms with Crippen LogP contribution in [0.1, 0.15) is 23.1 Å². The highest BCUT2D eigenvalue weighted by Crippen LogP contribution is 2.32. The molecule has 3 aromatic rings. The number of aromatic nitrogens is 3. The van der Waals surface area contributed by atoms with Crippen LogP contribution in [-0.2, 0) is 19.4 Å². The summed E-state index contributed by atoms with van der Waals surface area (Å²) in [5, 5.41) is 8.61. The molecule has 5 heteroatoms. The first-order chi connectivity index (χ1) is 12.9. The number of nitrogens with zero attached hydrogens (tertiary/aromatic N) is 5. The Hall–Kier alpha value is -2.95. The maximum Gasteiger partial charge on any atom is 0.251 e. The summed E-state index contributed by atoms with van der Waals surface area (Å²) in [4.78, 5) is 9.37. The maximum atomic E-state index is 4.87. The summed E-state index contributed by atoms with van der Waals surface area (Å²) >= 11 is 0. The number of hydrogen-bond donors (Lipinski definition) is 0. The second-order valence-electron chi connectivity index (χ2n) is 6.94. The van der Waals surface area contributed by atoms with E-state index in [-0.39, 0.29) is 0 Å². The van der Waals surface area contributed by atoms with E-state index in [1.165, 1.54) is 22.4 Å². The predicted octanol–water partition coefficient (Wildman–Crippen LogP) is 3.52. The third kappa shape index (κ3) is 2.69. The lowest BCUT2D eigenvalue weighted by atomic mass is 10.0. The molecule has 0 saturated carbocycles. The number of benzene rings is 2.